The van der Waals surface area contributed by atoms with E-state index in [2.05, 4.69) is 12.2 Å². The van der Waals surface area contributed by atoms with Gasteiger partial charge in [0.15, 0.2) is 0 Å². The summed E-state index contributed by atoms with van der Waals surface area (Å²) in [5.74, 6) is 0.103. The number of hydrogen-bond acceptors (Lipinski definition) is 2. The molecular weight excluding hydrogens is 212 g/mol. The van der Waals surface area contributed by atoms with E-state index in [9.17, 15) is 4.79 Å². The second-order valence-corrected chi connectivity index (χ2v) is 4.00. The number of carbonyl (C=O) groups excluding carboxylic acids is 1. The number of amides is 1. The number of anilines is 2. The van der Waals surface area contributed by atoms with Gasteiger partial charge < -0.3 is 10.2 Å². The summed E-state index contributed by atoms with van der Waals surface area (Å²) in [4.78, 5) is 13.5. The number of carbonyl (C=O) groups is 1. The van der Waals surface area contributed by atoms with Gasteiger partial charge in [-0.1, -0.05) is 18.5 Å². The van der Waals surface area contributed by atoms with Crippen molar-refractivity contribution in [1.29, 1.82) is 0 Å². The van der Waals surface area contributed by atoms with Gasteiger partial charge in [-0.2, -0.15) is 0 Å². The van der Waals surface area contributed by atoms with Gasteiger partial charge >= 0.3 is 0 Å². The highest BCUT2D eigenvalue weighted by molar-refractivity contribution is 6.31. The first kappa shape index (κ1) is 10.3. The average molecular weight is 225 g/mol. The minimum atomic E-state index is 0.103. The molecular formula is C11H13ClN2O. The highest BCUT2D eigenvalue weighted by Crippen LogP contribution is 2.32. The lowest BCUT2D eigenvalue weighted by Gasteiger charge is -2.30. The highest BCUT2D eigenvalue weighted by atomic mass is 35.5. The Balaban J connectivity index is 2.41. The van der Waals surface area contributed by atoms with E-state index in [0.29, 0.717) is 11.6 Å². The summed E-state index contributed by atoms with van der Waals surface area (Å²) in [5, 5.41) is 3.74. The van der Waals surface area contributed by atoms with Crippen LogP contribution in [0.15, 0.2) is 18.2 Å². The van der Waals surface area contributed by atoms with Crippen molar-refractivity contribution >= 4 is 28.9 Å². The number of fused-ring (bicyclic) bond motifs is 1. The molecule has 1 aromatic rings. The average Bonchev–Trinajstić information content (AvgIpc) is 2.23. The van der Waals surface area contributed by atoms with Gasteiger partial charge in [0, 0.05) is 11.6 Å². The maximum atomic E-state index is 11.7. The zero-order valence-corrected chi connectivity index (χ0v) is 9.34. The van der Waals surface area contributed by atoms with E-state index in [-0.39, 0.29) is 5.91 Å². The lowest BCUT2D eigenvalue weighted by molar-refractivity contribution is -0.117. The Morgan fingerprint density at radius 1 is 1.53 bits per heavy atom. The number of nitrogens with zero attached hydrogens (tertiary/aromatic N) is 1. The fraction of sp³-hybridized carbons (Fsp3) is 0.364. The summed E-state index contributed by atoms with van der Waals surface area (Å²) >= 11 is 5.92. The fourth-order valence-corrected chi connectivity index (χ4v) is 1.91. The van der Waals surface area contributed by atoms with Gasteiger partial charge in [-0.25, -0.2) is 0 Å². The Bertz CT molecular complexity index is 392. The molecule has 3 nitrogen and oxygen atoms in total. The molecule has 4 heteroatoms. The lowest BCUT2D eigenvalue weighted by Crippen LogP contribution is -2.40. The molecule has 1 aliphatic heterocycles. The lowest BCUT2D eigenvalue weighted by atomic mass is 10.2. The van der Waals surface area contributed by atoms with Crippen molar-refractivity contribution in [2.24, 2.45) is 0 Å². The molecule has 1 N–H and O–H groups in total. The Morgan fingerprint density at radius 3 is 3.07 bits per heavy atom. The molecule has 2 rings (SSSR count). The zero-order chi connectivity index (χ0) is 10.8. The Kier molecular flexibility index (Phi) is 2.82. The molecule has 1 amide bonds. The first-order valence-electron chi connectivity index (χ1n) is 5.06. The van der Waals surface area contributed by atoms with E-state index in [1.807, 2.05) is 18.2 Å². The van der Waals surface area contributed by atoms with Crippen LogP contribution >= 0.6 is 11.6 Å². The third kappa shape index (κ3) is 1.92. The van der Waals surface area contributed by atoms with Crippen molar-refractivity contribution in [1.82, 2.24) is 0 Å². The van der Waals surface area contributed by atoms with Gasteiger partial charge in [0.1, 0.15) is 0 Å². The van der Waals surface area contributed by atoms with Gasteiger partial charge in [-0.05, 0) is 24.6 Å². The van der Waals surface area contributed by atoms with Crippen LogP contribution in [-0.2, 0) is 4.79 Å². The van der Waals surface area contributed by atoms with Crippen LogP contribution in [0.1, 0.15) is 13.3 Å². The van der Waals surface area contributed by atoms with Crippen molar-refractivity contribution in [3.63, 3.8) is 0 Å². The van der Waals surface area contributed by atoms with Gasteiger partial charge in [0.05, 0.1) is 17.9 Å². The molecule has 0 aliphatic carbocycles. The van der Waals surface area contributed by atoms with Crippen LogP contribution in [-0.4, -0.2) is 19.0 Å². The van der Waals surface area contributed by atoms with Crippen LogP contribution in [0.4, 0.5) is 11.4 Å². The molecule has 1 aromatic carbocycles. The quantitative estimate of drug-likeness (QED) is 0.837. The molecule has 0 saturated heterocycles. The fourth-order valence-electron chi connectivity index (χ4n) is 1.75. The number of hydrogen-bond donors (Lipinski definition) is 1. The molecule has 0 atom stereocenters. The van der Waals surface area contributed by atoms with Crippen molar-refractivity contribution in [3.05, 3.63) is 23.2 Å². The Labute approximate surface area is 94.0 Å². The molecule has 0 saturated carbocycles. The number of rotatable bonds is 2. The third-order valence-electron chi connectivity index (χ3n) is 2.43. The van der Waals surface area contributed by atoms with Crippen molar-refractivity contribution < 1.29 is 4.79 Å². The summed E-state index contributed by atoms with van der Waals surface area (Å²) in [5.41, 5.74) is 1.87. The maximum Gasteiger partial charge on any atom is 0.246 e. The van der Waals surface area contributed by atoms with Gasteiger partial charge in [0.25, 0.3) is 0 Å². The molecule has 0 aromatic heterocycles. The molecule has 0 unspecified atom stereocenters. The third-order valence-corrected chi connectivity index (χ3v) is 2.66. The summed E-state index contributed by atoms with van der Waals surface area (Å²) in [6.07, 6.45) is 0.942. The van der Waals surface area contributed by atoms with Crippen molar-refractivity contribution in [2.75, 3.05) is 23.3 Å². The molecule has 0 bridgehead atoms. The summed E-state index contributed by atoms with van der Waals surface area (Å²) < 4.78 is 0. The Hall–Kier alpha value is -1.22. The number of halogens is 1. The molecule has 15 heavy (non-hydrogen) atoms. The normalized spacial score (nSPS) is 14.8. The maximum absolute atomic E-state index is 11.7. The first-order chi connectivity index (χ1) is 7.22. The largest absolute Gasteiger partial charge is 0.374 e. The minimum absolute atomic E-state index is 0.103. The standard InChI is InChI=1S/C11H13ClN2O/c1-2-5-14-10-6-8(12)3-4-9(10)13-7-11(14)15/h3-4,6,13H,2,5,7H2,1H3. The molecule has 80 valence electrons. The molecule has 1 heterocycles. The number of nitrogens with one attached hydrogen (secondary N) is 1. The van der Waals surface area contributed by atoms with Crippen LogP contribution in [0.25, 0.3) is 0 Å². The molecule has 0 fully saturated rings. The van der Waals surface area contributed by atoms with E-state index in [1.54, 1.807) is 4.90 Å². The zero-order valence-electron chi connectivity index (χ0n) is 8.59. The van der Waals surface area contributed by atoms with Gasteiger partial charge in [0.2, 0.25) is 5.91 Å². The second-order valence-electron chi connectivity index (χ2n) is 3.56. The van der Waals surface area contributed by atoms with Gasteiger partial charge in [-0.15, -0.1) is 0 Å². The van der Waals surface area contributed by atoms with E-state index >= 15 is 0 Å². The van der Waals surface area contributed by atoms with E-state index < -0.39 is 0 Å². The predicted molar refractivity (Wildman–Crippen MR) is 62.6 cm³/mol. The Morgan fingerprint density at radius 2 is 2.33 bits per heavy atom. The summed E-state index contributed by atoms with van der Waals surface area (Å²) in [7, 11) is 0. The SMILES string of the molecule is CCCN1C(=O)CNc2ccc(Cl)cc21. The van der Waals surface area contributed by atoms with Crippen LogP contribution in [0, 0.1) is 0 Å². The summed E-state index contributed by atoms with van der Waals surface area (Å²) in [6.45, 7) is 3.17. The van der Waals surface area contributed by atoms with Crippen molar-refractivity contribution in [3.8, 4) is 0 Å². The van der Waals surface area contributed by atoms with E-state index in [0.717, 1.165) is 24.3 Å². The molecule has 0 spiro atoms. The van der Waals surface area contributed by atoms with E-state index in [1.165, 1.54) is 0 Å². The smallest absolute Gasteiger partial charge is 0.246 e. The van der Waals surface area contributed by atoms with Crippen LogP contribution < -0.4 is 10.2 Å². The monoisotopic (exact) mass is 224 g/mol. The highest BCUT2D eigenvalue weighted by Gasteiger charge is 2.22. The van der Waals surface area contributed by atoms with Crippen LogP contribution in [0.2, 0.25) is 5.02 Å². The van der Waals surface area contributed by atoms with E-state index in [4.69, 9.17) is 11.6 Å². The topological polar surface area (TPSA) is 32.3 Å². The van der Waals surface area contributed by atoms with Crippen LogP contribution in [0.5, 0.6) is 0 Å². The first-order valence-corrected chi connectivity index (χ1v) is 5.44. The van der Waals surface area contributed by atoms with Gasteiger partial charge in [-0.3, -0.25) is 4.79 Å². The van der Waals surface area contributed by atoms with Crippen molar-refractivity contribution in [2.45, 2.75) is 13.3 Å². The summed E-state index contributed by atoms with van der Waals surface area (Å²) in [6, 6.07) is 5.57. The second kappa shape index (κ2) is 4.11. The molecule has 1 aliphatic rings. The van der Waals surface area contributed by atoms with Crippen LogP contribution in [0.3, 0.4) is 0 Å². The molecule has 0 radical (unpaired) electrons. The number of benzene rings is 1. The minimum Gasteiger partial charge on any atom is -0.374 e. The predicted octanol–water partition coefficient (Wildman–Crippen LogP) is 2.51.